The number of nitrogens with two attached hydrogens (primary N) is 1. The molecule has 1 heterocycles. The highest BCUT2D eigenvalue weighted by Crippen LogP contribution is 2.49. The van der Waals surface area contributed by atoms with E-state index in [0.717, 1.165) is 25.8 Å². The minimum absolute atomic E-state index is 0.196. The molecule has 1 saturated heterocycles. The number of amides is 2. The standard InChI is InChI=1S/C12H21N3O2/c1-11(2)10(17)14-9(16)7-15(11)8-12(3-4-12)5-6-13/h3-8,13H2,1-2H3,(H,14,16,17). The Bertz CT molecular complexity index is 348. The van der Waals surface area contributed by atoms with Gasteiger partial charge in [0.2, 0.25) is 11.8 Å². The average molecular weight is 239 g/mol. The zero-order valence-electron chi connectivity index (χ0n) is 10.6. The lowest BCUT2D eigenvalue weighted by atomic mass is 9.94. The molecular weight excluding hydrogens is 218 g/mol. The van der Waals surface area contributed by atoms with Crippen LogP contribution in [0, 0.1) is 5.41 Å². The van der Waals surface area contributed by atoms with E-state index in [9.17, 15) is 9.59 Å². The van der Waals surface area contributed by atoms with Crippen LogP contribution in [0.4, 0.5) is 0 Å². The first-order valence-corrected chi connectivity index (χ1v) is 6.19. The van der Waals surface area contributed by atoms with Crippen LogP contribution in [0.5, 0.6) is 0 Å². The van der Waals surface area contributed by atoms with Crippen molar-refractivity contribution >= 4 is 11.8 Å². The first-order valence-electron chi connectivity index (χ1n) is 6.19. The Morgan fingerprint density at radius 3 is 2.53 bits per heavy atom. The monoisotopic (exact) mass is 239 g/mol. The lowest BCUT2D eigenvalue weighted by molar-refractivity contribution is -0.145. The van der Waals surface area contributed by atoms with Gasteiger partial charge in [0.05, 0.1) is 12.1 Å². The summed E-state index contributed by atoms with van der Waals surface area (Å²) in [6, 6.07) is 0. The summed E-state index contributed by atoms with van der Waals surface area (Å²) in [4.78, 5) is 25.2. The molecule has 0 atom stereocenters. The van der Waals surface area contributed by atoms with Crippen molar-refractivity contribution in [1.82, 2.24) is 10.2 Å². The Labute approximate surface area is 102 Å². The molecule has 0 bridgehead atoms. The van der Waals surface area contributed by atoms with E-state index in [1.807, 2.05) is 18.7 Å². The SMILES string of the molecule is CC1(C)C(=O)NC(=O)CN1CC1(CCN)CC1. The Hall–Kier alpha value is -0.940. The topological polar surface area (TPSA) is 75.4 Å². The smallest absolute Gasteiger partial charge is 0.246 e. The first kappa shape index (κ1) is 12.5. The molecule has 0 unspecified atom stereocenters. The van der Waals surface area contributed by atoms with Crippen LogP contribution in [-0.4, -0.2) is 41.9 Å². The van der Waals surface area contributed by atoms with Crippen molar-refractivity contribution in [2.24, 2.45) is 11.1 Å². The molecule has 1 saturated carbocycles. The fraction of sp³-hybridized carbons (Fsp3) is 0.833. The van der Waals surface area contributed by atoms with Gasteiger partial charge in [-0.15, -0.1) is 0 Å². The number of piperazine rings is 1. The summed E-state index contributed by atoms with van der Waals surface area (Å²) in [5.41, 5.74) is 5.27. The first-order chi connectivity index (χ1) is 7.89. The van der Waals surface area contributed by atoms with Gasteiger partial charge in [-0.2, -0.15) is 0 Å². The summed E-state index contributed by atoms with van der Waals surface area (Å²) in [5, 5.41) is 2.39. The molecule has 17 heavy (non-hydrogen) atoms. The Balaban J connectivity index is 2.08. The second-order valence-electron chi connectivity index (χ2n) is 5.83. The van der Waals surface area contributed by atoms with Crippen molar-refractivity contribution in [3.8, 4) is 0 Å². The number of rotatable bonds is 4. The predicted molar refractivity (Wildman–Crippen MR) is 64.1 cm³/mol. The predicted octanol–water partition coefficient (Wildman–Crippen LogP) is -0.148. The Morgan fingerprint density at radius 2 is 2.00 bits per heavy atom. The Morgan fingerprint density at radius 1 is 1.35 bits per heavy atom. The molecule has 2 amide bonds. The number of nitrogens with one attached hydrogen (secondary N) is 1. The third-order valence-electron chi connectivity index (χ3n) is 4.09. The molecule has 1 aliphatic heterocycles. The Kier molecular flexibility index (Phi) is 2.99. The van der Waals surface area contributed by atoms with Gasteiger partial charge >= 0.3 is 0 Å². The van der Waals surface area contributed by atoms with Gasteiger partial charge in [0, 0.05) is 6.54 Å². The van der Waals surface area contributed by atoms with Crippen molar-refractivity contribution in [3.63, 3.8) is 0 Å². The van der Waals surface area contributed by atoms with Crippen molar-refractivity contribution in [2.45, 2.75) is 38.6 Å². The zero-order chi connectivity index (χ0) is 12.7. The molecule has 1 aliphatic carbocycles. The number of hydrogen-bond donors (Lipinski definition) is 2. The van der Waals surface area contributed by atoms with Crippen LogP contribution in [0.2, 0.25) is 0 Å². The van der Waals surface area contributed by atoms with Crippen molar-refractivity contribution in [3.05, 3.63) is 0 Å². The fourth-order valence-electron chi connectivity index (χ4n) is 2.46. The molecule has 2 aliphatic rings. The third kappa shape index (κ3) is 2.35. The summed E-state index contributed by atoms with van der Waals surface area (Å²) in [6.07, 6.45) is 3.30. The summed E-state index contributed by atoms with van der Waals surface area (Å²) >= 11 is 0. The van der Waals surface area contributed by atoms with Gasteiger partial charge in [-0.1, -0.05) is 0 Å². The molecule has 96 valence electrons. The largest absolute Gasteiger partial charge is 0.330 e. The fourth-order valence-corrected chi connectivity index (χ4v) is 2.46. The summed E-state index contributed by atoms with van der Waals surface area (Å²) in [6.45, 7) is 5.52. The third-order valence-corrected chi connectivity index (χ3v) is 4.09. The van der Waals surface area contributed by atoms with Gasteiger partial charge in [-0.3, -0.25) is 19.8 Å². The number of carbonyl (C=O) groups is 2. The van der Waals surface area contributed by atoms with Gasteiger partial charge in [0.1, 0.15) is 0 Å². The van der Waals surface area contributed by atoms with E-state index in [2.05, 4.69) is 5.32 Å². The van der Waals surface area contributed by atoms with E-state index < -0.39 is 5.54 Å². The molecule has 5 nitrogen and oxygen atoms in total. The highest BCUT2D eigenvalue weighted by atomic mass is 16.2. The normalized spacial score (nSPS) is 26.8. The number of hydrogen-bond acceptors (Lipinski definition) is 4. The van der Waals surface area contributed by atoms with Crippen LogP contribution >= 0.6 is 0 Å². The van der Waals surface area contributed by atoms with Crippen LogP contribution in [-0.2, 0) is 9.59 Å². The van der Waals surface area contributed by atoms with E-state index >= 15 is 0 Å². The molecule has 0 radical (unpaired) electrons. The molecule has 3 N–H and O–H groups in total. The van der Waals surface area contributed by atoms with Crippen molar-refractivity contribution in [2.75, 3.05) is 19.6 Å². The van der Waals surface area contributed by atoms with Gasteiger partial charge < -0.3 is 5.73 Å². The lowest BCUT2D eigenvalue weighted by Gasteiger charge is -2.42. The summed E-state index contributed by atoms with van der Waals surface area (Å²) in [7, 11) is 0. The average Bonchev–Trinajstić information content (AvgIpc) is 2.95. The molecule has 0 aromatic heterocycles. The van der Waals surface area contributed by atoms with E-state index in [1.165, 1.54) is 0 Å². The number of carbonyl (C=O) groups excluding carboxylic acids is 2. The molecule has 2 fully saturated rings. The minimum atomic E-state index is -0.599. The summed E-state index contributed by atoms with van der Waals surface area (Å²) < 4.78 is 0. The maximum absolute atomic E-state index is 11.8. The second-order valence-corrected chi connectivity index (χ2v) is 5.83. The molecule has 0 aromatic carbocycles. The van der Waals surface area contributed by atoms with Crippen LogP contribution in [0.15, 0.2) is 0 Å². The molecule has 5 heteroatoms. The van der Waals surface area contributed by atoms with Crippen molar-refractivity contribution in [1.29, 1.82) is 0 Å². The van der Waals surface area contributed by atoms with E-state index in [0.29, 0.717) is 13.1 Å². The molecule has 0 aromatic rings. The van der Waals surface area contributed by atoms with Gasteiger partial charge in [-0.25, -0.2) is 0 Å². The van der Waals surface area contributed by atoms with Gasteiger partial charge in [-0.05, 0) is 45.1 Å². The van der Waals surface area contributed by atoms with Crippen molar-refractivity contribution < 1.29 is 9.59 Å². The molecule has 0 spiro atoms. The second kappa shape index (κ2) is 4.07. The molecule has 2 rings (SSSR count). The summed E-state index contributed by atoms with van der Waals surface area (Å²) in [5.74, 6) is -0.393. The van der Waals surface area contributed by atoms with E-state index in [-0.39, 0.29) is 17.2 Å². The lowest BCUT2D eigenvalue weighted by Crippen LogP contribution is -2.64. The van der Waals surface area contributed by atoms with Gasteiger partial charge in [0.25, 0.3) is 0 Å². The van der Waals surface area contributed by atoms with Crippen LogP contribution in [0.3, 0.4) is 0 Å². The van der Waals surface area contributed by atoms with Crippen LogP contribution < -0.4 is 11.1 Å². The number of nitrogens with zero attached hydrogens (tertiary/aromatic N) is 1. The number of imide groups is 1. The highest BCUT2D eigenvalue weighted by Gasteiger charge is 2.49. The van der Waals surface area contributed by atoms with E-state index in [4.69, 9.17) is 5.73 Å². The van der Waals surface area contributed by atoms with Crippen LogP contribution in [0.1, 0.15) is 33.1 Å². The zero-order valence-corrected chi connectivity index (χ0v) is 10.6. The maximum Gasteiger partial charge on any atom is 0.246 e. The van der Waals surface area contributed by atoms with E-state index in [1.54, 1.807) is 0 Å². The van der Waals surface area contributed by atoms with Crippen LogP contribution in [0.25, 0.3) is 0 Å². The minimum Gasteiger partial charge on any atom is -0.330 e. The maximum atomic E-state index is 11.8. The molecular formula is C12H21N3O2. The quantitative estimate of drug-likeness (QED) is 0.669. The van der Waals surface area contributed by atoms with Gasteiger partial charge in [0.15, 0.2) is 0 Å². The highest BCUT2D eigenvalue weighted by molar-refractivity contribution is 6.02.